The monoisotopic (exact) mass is 288 g/mol. The second-order valence-electron chi connectivity index (χ2n) is 4.41. The molecular weight excluding hydrogens is 275 g/mol. The van der Waals surface area contributed by atoms with E-state index in [1.54, 1.807) is 23.5 Å². The van der Waals surface area contributed by atoms with Gasteiger partial charge in [-0.25, -0.2) is 0 Å². The van der Waals surface area contributed by atoms with E-state index in [1.165, 1.54) is 0 Å². The van der Waals surface area contributed by atoms with E-state index in [4.69, 9.17) is 23.8 Å². The molecule has 1 heterocycles. The lowest BCUT2D eigenvalue weighted by atomic mass is 10.3. The molecule has 0 aromatic heterocycles. The normalized spacial score (nSPS) is 23.6. The molecule has 0 saturated heterocycles. The van der Waals surface area contributed by atoms with Gasteiger partial charge in [-0.1, -0.05) is 11.6 Å². The molecule has 0 radical (unpaired) electrons. The van der Waals surface area contributed by atoms with Crippen molar-refractivity contribution in [3.05, 3.63) is 23.2 Å². The summed E-state index contributed by atoms with van der Waals surface area (Å²) < 4.78 is 14.7. The Balaban J connectivity index is 2.63. The number of nitrogens with zero attached hydrogens (tertiary/aromatic N) is 1. The third-order valence-electron chi connectivity index (χ3n) is 2.76. The summed E-state index contributed by atoms with van der Waals surface area (Å²) in [4.78, 5) is 0. The van der Waals surface area contributed by atoms with Gasteiger partial charge in [-0.05, 0) is 44.3 Å². The molecule has 0 fully saturated rings. The molecule has 17 heavy (non-hydrogen) atoms. The maximum Gasteiger partial charge on any atom is 0.202 e. The van der Waals surface area contributed by atoms with E-state index in [2.05, 4.69) is 5.32 Å². The van der Waals surface area contributed by atoms with Gasteiger partial charge in [-0.2, -0.15) is 0 Å². The van der Waals surface area contributed by atoms with E-state index in [0.29, 0.717) is 10.1 Å². The molecule has 0 aliphatic carbocycles. The maximum absolute atomic E-state index is 12.9. The number of benzene rings is 1. The summed E-state index contributed by atoms with van der Waals surface area (Å²) in [5, 5.41) is 4.95. The topological polar surface area (TPSA) is 32.3 Å². The number of hydrogen-bond acceptors (Lipinski definition) is 2. The highest BCUT2D eigenvalue weighted by Gasteiger charge is 2.37. The Labute approximate surface area is 112 Å². The smallest absolute Gasteiger partial charge is 0.202 e. The number of anilines is 1. The molecule has 1 N–H and O–H groups in total. The van der Waals surface area contributed by atoms with E-state index < -0.39 is 7.29 Å². The van der Waals surface area contributed by atoms with E-state index in [-0.39, 0.29) is 6.04 Å². The van der Waals surface area contributed by atoms with Gasteiger partial charge in [-0.3, -0.25) is 9.24 Å². The minimum absolute atomic E-state index is 0.0814. The molecular formula is C11H14ClN2OPS. The third-order valence-corrected chi connectivity index (χ3v) is 6.17. The number of thiocarbonyl (C=S) groups is 1. The molecule has 0 spiro atoms. The SMILES string of the molecule is CC(C)N1C(=S)Nc2ccc(Cl)cc2P1(C)=O. The molecule has 2 rings (SSSR count). The first-order valence-corrected chi connectivity index (χ1v) is 8.21. The van der Waals surface area contributed by atoms with Crippen LogP contribution in [0, 0.1) is 0 Å². The van der Waals surface area contributed by atoms with Gasteiger partial charge in [0.25, 0.3) is 0 Å². The summed E-state index contributed by atoms with van der Waals surface area (Å²) in [5.74, 6) is 0. The summed E-state index contributed by atoms with van der Waals surface area (Å²) in [7, 11) is -2.68. The average Bonchev–Trinajstić information content (AvgIpc) is 2.18. The predicted molar refractivity (Wildman–Crippen MR) is 77.8 cm³/mol. The predicted octanol–water partition coefficient (Wildman–Crippen LogP) is 3.29. The Morgan fingerprint density at radius 2 is 2.12 bits per heavy atom. The second kappa shape index (κ2) is 4.27. The van der Waals surface area contributed by atoms with Crippen LogP contribution in [0.2, 0.25) is 5.02 Å². The molecule has 0 saturated carbocycles. The maximum atomic E-state index is 12.9. The number of fused-ring (bicyclic) bond motifs is 1. The van der Waals surface area contributed by atoms with Crippen LogP contribution in [0.1, 0.15) is 13.8 Å². The summed E-state index contributed by atoms with van der Waals surface area (Å²) in [6.07, 6.45) is 0. The first-order valence-electron chi connectivity index (χ1n) is 5.32. The van der Waals surface area contributed by atoms with Crippen molar-refractivity contribution in [3.8, 4) is 0 Å². The van der Waals surface area contributed by atoms with Crippen molar-refractivity contribution in [3.63, 3.8) is 0 Å². The Kier molecular flexibility index (Phi) is 3.23. The van der Waals surface area contributed by atoms with Gasteiger partial charge in [0.2, 0.25) is 7.29 Å². The van der Waals surface area contributed by atoms with Gasteiger partial charge in [0.15, 0.2) is 5.11 Å². The highest BCUT2D eigenvalue weighted by atomic mass is 35.5. The van der Waals surface area contributed by atoms with E-state index in [9.17, 15) is 4.57 Å². The van der Waals surface area contributed by atoms with Crippen LogP contribution in [0.5, 0.6) is 0 Å². The van der Waals surface area contributed by atoms with Crippen LogP contribution < -0.4 is 10.6 Å². The summed E-state index contributed by atoms with van der Waals surface area (Å²) in [6, 6.07) is 5.42. The molecule has 6 heteroatoms. The third kappa shape index (κ3) is 2.10. The van der Waals surface area contributed by atoms with Gasteiger partial charge in [-0.15, -0.1) is 0 Å². The first kappa shape index (κ1) is 12.9. The lowest BCUT2D eigenvalue weighted by molar-refractivity contribution is 0.483. The van der Waals surface area contributed by atoms with Crippen molar-refractivity contribution in [2.75, 3.05) is 12.0 Å². The zero-order chi connectivity index (χ0) is 12.8. The van der Waals surface area contributed by atoms with Crippen LogP contribution in [-0.2, 0) is 4.57 Å². The Bertz CT molecular complexity index is 532. The molecule has 1 atom stereocenters. The Morgan fingerprint density at radius 1 is 1.47 bits per heavy atom. The standard InChI is InChI=1S/C11H14ClN2OPS/c1-7(2)14-11(17)13-9-5-4-8(12)6-10(9)16(14,3)15/h4-7H,1-3H3,(H,13,17). The molecule has 3 nitrogen and oxygen atoms in total. The van der Waals surface area contributed by atoms with Gasteiger partial charge in [0.05, 0.1) is 11.0 Å². The molecule has 1 unspecified atom stereocenters. The minimum Gasteiger partial charge on any atom is -0.332 e. The number of rotatable bonds is 1. The largest absolute Gasteiger partial charge is 0.332 e. The van der Waals surface area contributed by atoms with Crippen molar-refractivity contribution in [2.45, 2.75) is 19.9 Å². The van der Waals surface area contributed by atoms with Crippen LogP contribution in [0.15, 0.2) is 18.2 Å². The van der Waals surface area contributed by atoms with Crippen LogP contribution in [0.3, 0.4) is 0 Å². The highest BCUT2D eigenvalue weighted by Crippen LogP contribution is 2.51. The van der Waals surface area contributed by atoms with Crippen LogP contribution in [-0.4, -0.2) is 22.5 Å². The second-order valence-corrected chi connectivity index (χ2v) is 7.90. The van der Waals surface area contributed by atoms with Crippen molar-refractivity contribution in [1.82, 2.24) is 4.67 Å². The quantitative estimate of drug-likeness (QED) is 0.635. The van der Waals surface area contributed by atoms with Crippen LogP contribution in [0.4, 0.5) is 5.69 Å². The van der Waals surface area contributed by atoms with Gasteiger partial charge >= 0.3 is 0 Å². The zero-order valence-electron chi connectivity index (χ0n) is 9.90. The molecule has 1 aromatic rings. The van der Waals surface area contributed by atoms with Crippen molar-refractivity contribution >= 4 is 47.2 Å². The lowest BCUT2D eigenvalue weighted by Gasteiger charge is -2.40. The van der Waals surface area contributed by atoms with E-state index in [0.717, 1.165) is 11.0 Å². The van der Waals surface area contributed by atoms with E-state index in [1.807, 2.05) is 19.9 Å². The summed E-state index contributed by atoms with van der Waals surface area (Å²) in [5.41, 5.74) is 0.794. The first-order chi connectivity index (χ1) is 7.84. The highest BCUT2D eigenvalue weighted by molar-refractivity contribution is 7.82. The average molecular weight is 289 g/mol. The molecule has 0 bridgehead atoms. The van der Waals surface area contributed by atoms with Crippen molar-refractivity contribution in [2.24, 2.45) is 0 Å². The zero-order valence-corrected chi connectivity index (χ0v) is 12.4. The lowest BCUT2D eigenvalue weighted by Crippen LogP contribution is -2.44. The number of halogens is 1. The van der Waals surface area contributed by atoms with Crippen LogP contribution in [0.25, 0.3) is 0 Å². The number of hydrogen-bond donors (Lipinski definition) is 1. The Morgan fingerprint density at radius 3 is 2.71 bits per heavy atom. The van der Waals surface area contributed by atoms with Crippen molar-refractivity contribution in [1.29, 1.82) is 0 Å². The van der Waals surface area contributed by atoms with Gasteiger partial charge in [0, 0.05) is 17.7 Å². The van der Waals surface area contributed by atoms with Gasteiger partial charge in [0.1, 0.15) is 0 Å². The van der Waals surface area contributed by atoms with Crippen molar-refractivity contribution < 1.29 is 4.57 Å². The Hall–Kier alpha value is -0.570. The molecule has 1 aliphatic rings. The number of nitrogens with one attached hydrogen (secondary N) is 1. The fourth-order valence-corrected chi connectivity index (χ4v) is 5.59. The fraction of sp³-hybridized carbons (Fsp3) is 0.364. The summed E-state index contributed by atoms with van der Waals surface area (Å²) in [6.45, 7) is 5.68. The molecule has 1 aliphatic heterocycles. The van der Waals surface area contributed by atoms with Crippen LogP contribution >= 0.6 is 31.1 Å². The minimum atomic E-state index is -2.68. The molecule has 92 valence electrons. The summed E-state index contributed by atoms with van der Waals surface area (Å²) >= 11 is 11.2. The fourth-order valence-electron chi connectivity index (χ4n) is 2.09. The molecule has 0 amide bonds. The van der Waals surface area contributed by atoms with E-state index >= 15 is 0 Å². The van der Waals surface area contributed by atoms with Gasteiger partial charge < -0.3 is 5.32 Å². The molecule has 1 aromatic carbocycles.